The average molecular weight is 384 g/mol. The molecule has 3 aromatic rings. The molecule has 1 aromatic heterocycles. The Bertz CT molecular complexity index is 919. The smallest absolute Gasteiger partial charge is 0.336 e. The highest BCUT2D eigenvalue weighted by atomic mass is 35.5. The zero-order valence-electron chi connectivity index (χ0n) is 15.5. The van der Waals surface area contributed by atoms with Gasteiger partial charge in [-0.05, 0) is 42.7 Å². The van der Waals surface area contributed by atoms with E-state index in [1.165, 1.54) is 30.2 Å². The maximum atomic E-state index is 13.0. The van der Waals surface area contributed by atoms with Gasteiger partial charge in [0.25, 0.3) is 5.91 Å². The summed E-state index contributed by atoms with van der Waals surface area (Å²) in [6.45, 7) is 2.19. The summed E-state index contributed by atoms with van der Waals surface area (Å²) in [7, 11) is 1.46. The summed E-state index contributed by atoms with van der Waals surface area (Å²) in [6, 6.07) is 15.0. The number of methoxy groups -OCH3 is 1. The molecule has 0 unspecified atom stereocenters. The Balaban J connectivity index is 1.91. The van der Waals surface area contributed by atoms with Crippen LogP contribution in [0.3, 0.4) is 0 Å². The zero-order valence-corrected chi connectivity index (χ0v) is 16.2. The van der Waals surface area contributed by atoms with Crippen molar-refractivity contribution in [3.05, 3.63) is 64.7 Å². The number of ether oxygens (including phenoxy) is 1. The topological polar surface area (TPSA) is 57.0 Å². The van der Waals surface area contributed by atoms with Crippen LogP contribution in [0.25, 0.3) is 11.4 Å². The molecule has 0 atom stereocenters. The highest BCUT2D eigenvalue weighted by Crippen LogP contribution is 2.28. The lowest BCUT2D eigenvalue weighted by Crippen LogP contribution is -2.15. The van der Waals surface area contributed by atoms with Crippen LogP contribution in [0.1, 0.15) is 42.1 Å². The summed E-state index contributed by atoms with van der Waals surface area (Å²) in [5.41, 5.74) is 2.39. The maximum absolute atomic E-state index is 13.0. The number of aromatic nitrogens is 3. The van der Waals surface area contributed by atoms with E-state index in [1.807, 2.05) is 36.4 Å². The van der Waals surface area contributed by atoms with Gasteiger partial charge in [-0.15, -0.1) is 5.10 Å². The molecule has 140 valence electrons. The lowest BCUT2D eigenvalue weighted by molar-refractivity contribution is 0.0945. The minimum Gasteiger partial charge on any atom is -0.466 e. The van der Waals surface area contributed by atoms with E-state index in [0.29, 0.717) is 22.0 Å². The molecule has 0 bridgehead atoms. The molecule has 0 aliphatic rings. The predicted octanol–water partition coefficient (Wildman–Crippen LogP) is 5.03. The molecule has 0 amide bonds. The Morgan fingerprint density at radius 3 is 2.52 bits per heavy atom. The van der Waals surface area contributed by atoms with Crippen molar-refractivity contribution in [3.63, 3.8) is 0 Å². The molecule has 0 saturated carbocycles. The molecule has 3 rings (SSSR count). The number of benzene rings is 2. The van der Waals surface area contributed by atoms with Gasteiger partial charge in [-0.2, -0.15) is 9.67 Å². The molecule has 5 nitrogen and oxygen atoms in total. The van der Waals surface area contributed by atoms with E-state index in [2.05, 4.69) is 17.0 Å². The quantitative estimate of drug-likeness (QED) is 0.537. The standard InChI is InChI=1S/C21H22ClN3O2/c1-3-4-5-8-15-11-13-16(14-12-15)20(26)25-19(23-21(24-25)27-2)17-9-6-7-10-18(17)22/h6-7,9-14H,3-5,8H2,1-2H3. The molecule has 0 N–H and O–H groups in total. The highest BCUT2D eigenvalue weighted by molar-refractivity contribution is 6.33. The summed E-state index contributed by atoms with van der Waals surface area (Å²) in [4.78, 5) is 17.3. The van der Waals surface area contributed by atoms with E-state index in [-0.39, 0.29) is 11.9 Å². The van der Waals surface area contributed by atoms with Crippen LogP contribution < -0.4 is 4.74 Å². The highest BCUT2D eigenvalue weighted by Gasteiger charge is 2.21. The molecule has 0 spiro atoms. The van der Waals surface area contributed by atoms with Gasteiger partial charge in [-0.25, -0.2) is 0 Å². The second kappa shape index (κ2) is 8.82. The van der Waals surface area contributed by atoms with Gasteiger partial charge in [0.05, 0.1) is 12.1 Å². The fourth-order valence-electron chi connectivity index (χ4n) is 2.85. The van der Waals surface area contributed by atoms with Crippen molar-refractivity contribution in [1.29, 1.82) is 0 Å². The van der Waals surface area contributed by atoms with Crippen molar-refractivity contribution in [1.82, 2.24) is 14.8 Å². The average Bonchev–Trinajstić information content (AvgIpc) is 3.13. The number of carbonyl (C=O) groups is 1. The SMILES string of the molecule is CCCCCc1ccc(C(=O)n2nc(OC)nc2-c2ccccc2Cl)cc1. The monoisotopic (exact) mass is 383 g/mol. The maximum Gasteiger partial charge on any atom is 0.336 e. The van der Waals surface area contributed by atoms with Crippen molar-refractivity contribution in [3.8, 4) is 17.4 Å². The van der Waals surface area contributed by atoms with Gasteiger partial charge >= 0.3 is 6.01 Å². The number of carbonyl (C=O) groups excluding carboxylic acids is 1. The molecule has 0 radical (unpaired) electrons. The second-order valence-corrected chi connectivity index (χ2v) is 6.68. The zero-order chi connectivity index (χ0) is 19.2. The molecule has 0 aliphatic heterocycles. The molecule has 0 saturated heterocycles. The molecule has 27 heavy (non-hydrogen) atoms. The normalized spacial score (nSPS) is 10.8. The van der Waals surface area contributed by atoms with Crippen LogP contribution in [0.5, 0.6) is 6.01 Å². The minimum atomic E-state index is -0.277. The lowest BCUT2D eigenvalue weighted by atomic mass is 10.1. The van der Waals surface area contributed by atoms with Gasteiger partial charge in [0, 0.05) is 11.1 Å². The van der Waals surface area contributed by atoms with Gasteiger partial charge in [0.1, 0.15) is 0 Å². The van der Waals surface area contributed by atoms with Crippen molar-refractivity contribution < 1.29 is 9.53 Å². The van der Waals surface area contributed by atoms with Gasteiger partial charge in [0.2, 0.25) is 0 Å². The molecule has 0 fully saturated rings. The number of halogens is 1. The number of rotatable bonds is 7. The Labute approximate surface area is 164 Å². The first-order chi connectivity index (χ1) is 13.1. The number of unbranched alkanes of at least 4 members (excludes halogenated alkanes) is 2. The first kappa shape index (κ1) is 19.1. The van der Waals surface area contributed by atoms with Gasteiger partial charge in [-0.3, -0.25) is 4.79 Å². The summed E-state index contributed by atoms with van der Waals surface area (Å²) >= 11 is 6.28. The number of hydrogen-bond donors (Lipinski definition) is 0. The third-order valence-corrected chi connectivity index (χ3v) is 4.68. The molecule has 0 aliphatic carbocycles. The van der Waals surface area contributed by atoms with Gasteiger partial charge in [0.15, 0.2) is 5.82 Å². The van der Waals surface area contributed by atoms with Crippen LogP contribution in [-0.2, 0) is 6.42 Å². The molecular formula is C21H22ClN3O2. The van der Waals surface area contributed by atoms with Crippen LogP contribution in [0, 0.1) is 0 Å². The van der Waals surface area contributed by atoms with Crippen molar-refractivity contribution in [2.75, 3.05) is 7.11 Å². The molecule has 2 aromatic carbocycles. The van der Waals surface area contributed by atoms with Crippen LogP contribution in [0.2, 0.25) is 5.02 Å². The van der Waals surface area contributed by atoms with Crippen molar-refractivity contribution >= 4 is 17.5 Å². The summed E-state index contributed by atoms with van der Waals surface area (Å²) < 4.78 is 6.36. The van der Waals surface area contributed by atoms with Crippen molar-refractivity contribution in [2.45, 2.75) is 32.6 Å². The van der Waals surface area contributed by atoms with E-state index in [0.717, 1.165) is 12.8 Å². The lowest BCUT2D eigenvalue weighted by Gasteiger charge is -2.07. The number of hydrogen-bond acceptors (Lipinski definition) is 4. The first-order valence-electron chi connectivity index (χ1n) is 9.03. The van der Waals surface area contributed by atoms with E-state index in [1.54, 1.807) is 12.1 Å². The summed E-state index contributed by atoms with van der Waals surface area (Å²) in [6.07, 6.45) is 4.57. The Hall–Kier alpha value is -2.66. The van der Waals surface area contributed by atoms with Crippen LogP contribution in [0.4, 0.5) is 0 Å². The van der Waals surface area contributed by atoms with Crippen LogP contribution in [-0.4, -0.2) is 27.8 Å². The Kier molecular flexibility index (Phi) is 6.24. The predicted molar refractivity (Wildman–Crippen MR) is 106 cm³/mol. The third-order valence-electron chi connectivity index (χ3n) is 4.35. The van der Waals surface area contributed by atoms with Crippen molar-refractivity contribution in [2.24, 2.45) is 0 Å². The molecule has 1 heterocycles. The second-order valence-electron chi connectivity index (χ2n) is 6.27. The molecule has 6 heteroatoms. The van der Waals surface area contributed by atoms with E-state index >= 15 is 0 Å². The first-order valence-corrected chi connectivity index (χ1v) is 9.41. The largest absolute Gasteiger partial charge is 0.466 e. The number of aryl methyl sites for hydroxylation is 1. The summed E-state index contributed by atoms with van der Waals surface area (Å²) in [5.74, 6) is 0.0790. The minimum absolute atomic E-state index is 0.120. The third kappa shape index (κ3) is 4.37. The fraction of sp³-hybridized carbons (Fsp3) is 0.286. The summed E-state index contributed by atoms with van der Waals surface area (Å²) in [5, 5.41) is 4.67. The van der Waals surface area contributed by atoms with Crippen LogP contribution in [0.15, 0.2) is 48.5 Å². The van der Waals surface area contributed by atoms with Gasteiger partial charge in [-0.1, -0.05) is 55.6 Å². The Morgan fingerprint density at radius 1 is 1.11 bits per heavy atom. The van der Waals surface area contributed by atoms with E-state index in [9.17, 15) is 4.79 Å². The van der Waals surface area contributed by atoms with Crippen LogP contribution >= 0.6 is 11.6 Å². The number of nitrogens with zero attached hydrogens (tertiary/aromatic N) is 3. The van der Waals surface area contributed by atoms with Gasteiger partial charge < -0.3 is 4.74 Å². The molecular weight excluding hydrogens is 362 g/mol. The van der Waals surface area contributed by atoms with E-state index < -0.39 is 0 Å². The fourth-order valence-corrected chi connectivity index (χ4v) is 3.07. The Morgan fingerprint density at radius 2 is 1.85 bits per heavy atom. The van der Waals surface area contributed by atoms with E-state index in [4.69, 9.17) is 16.3 Å².